The Morgan fingerprint density at radius 1 is 1.22 bits per heavy atom. The van der Waals surface area contributed by atoms with Crippen LogP contribution in [0.25, 0.3) is 11.0 Å². The number of phenols is 1. The average molecular weight is 373 g/mol. The van der Waals surface area contributed by atoms with Crippen molar-refractivity contribution in [3.05, 3.63) is 40.2 Å². The molecule has 0 spiro atoms. The lowest BCUT2D eigenvalue weighted by Crippen LogP contribution is -2.49. The summed E-state index contributed by atoms with van der Waals surface area (Å²) in [7, 11) is 0. The van der Waals surface area contributed by atoms with E-state index in [1.165, 1.54) is 12.1 Å². The summed E-state index contributed by atoms with van der Waals surface area (Å²) < 4.78 is 5.19. The van der Waals surface area contributed by atoms with Crippen LogP contribution in [0.2, 0.25) is 0 Å². The minimum Gasteiger partial charge on any atom is -0.508 e. The van der Waals surface area contributed by atoms with E-state index in [9.17, 15) is 14.7 Å². The minimum absolute atomic E-state index is 0.0734. The number of rotatable bonds is 6. The van der Waals surface area contributed by atoms with Gasteiger partial charge in [-0.15, -0.1) is 0 Å². The second kappa shape index (κ2) is 8.54. The maximum absolute atomic E-state index is 12.0. The van der Waals surface area contributed by atoms with Crippen LogP contribution in [0.3, 0.4) is 0 Å². The van der Waals surface area contributed by atoms with E-state index in [0.717, 1.165) is 43.5 Å². The third kappa shape index (κ3) is 5.08. The third-order valence-electron chi connectivity index (χ3n) is 5.06. The maximum Gasteiger partial charge on any atom is 0.336 e. The Labute approximate surface area is 158 Å². The molecule has 1 aliphatic heterocycles. The number of fused-ring (bicyclic) bond motifs is 1. The van der Waals surface area contributed by atoms with E-state index in [-0.39, 0.29) is 17.7 Å². The van der Waals surface area contributed by atoms with Crippen LogP contribution in [0.5, 0.6) is 5.75 Å². The Kier molecular flexibility index (Phi) is 6.13. The number of nitrogens with one attached hydrogen (secondary N) is 1. The molecular weight excluding hydrogens is 346 g/mol. The molecule has 1 unspecified atom stereocenters. The van der Waals surface area contributed by atoms with Crippen molar-refractivity contribution < 1.29 is 14.3 Å². The minimum atomic E-state index is -0.413. The van der Waals surface area contributed by atoms with Crippen LogP contribution >= 0.6 is 0 Å². The van der Waals surface area contributed by atoms with Crippen molar-refractivity contribution >= 4 is 16.9 Å². The van der Waals surface area contributed by atoms with E-state index in [1.54, 1.807) is 12.1 Å². The van der Waals surface area contributed by atoms with Crippen LogP contribution in [0.1, 0.15) is 25.8 Å². The molecule has 0 saturated carbocycles. The van der Waals surface area contributed by atoms with Crippen LogP contribution in [0.4, 0.5) is 0 Å². The Morgan fingerprint density at radius 2 is 1.93 bits per heavy atom. The summed E-state index contributed by atoms with van der Waals surface area (Å²) in [5, 5.41) is 13.4. The van der Waals surface area contributed by atoms with E-state index in [2.05, 4.69) is 22.0 Å². The first-order valence-electron chi connectivity index (χ1n) is 9.44. The van der Waals surface area contributed by atoms with Gasteiger partial charge in [0.15, 0.2) is 0 Å². The normalized spacial score (nSPS) is 17.1. The summed E-state index contributed by atoms with van der Waals surface area (Å²) in [6.45, 7) is 8.42. The van der Waals surface area contributed by atoms with E-state index in [4.69, 9.17) is 4.42 Å². The largest absolute Gasteiger partial charge is 0.508 e. The molecule has 1 amide bonds. The van der Waals surface area contributed by atoms with E-state index in [1.807, 2.05) is 6.92 Å². The highest BCUT2D eigenvalue weighted by molar-refractivity contribution is 5.81. The molecule has 0 bridgehead atoms. The molecule has 0 radical (unpaired) electrons. The fourth-order valence-corrected chi connectivity index (χ4v) is 3.32. The lowest BCUT2D eigenvalue weighted by Gasteiger charge is -2.34. The van der Waals surface area contributed by atoms with E-state index < -0.39 is 5.63 Å². The zero-order chi connectivity index (χ0) is 19.4. The molecule has 1 aromatic heterocycles. The Morgan fingerprint density at radius 3 is 2.63 bits per heavy atom. The number of carbonyl (C=O) groups excluding carboxylic acids is 1. The van der Waals surface area contributed by atoms with Gasteiger partial charge in [0, 0.05) is 56.3 Å². The number of piperazine rings is 1. The van der Waals surface area contributed by atoms with Crippen molar-refractivity contribution in [2.45, 2.75) is 32.9 Å². The third-order valence-corrected chi connectivity index (χ3v) is 5.06. The van der Waals surface area contributed by atoms with Gasteiger partial charge < -0.3 is 14.8 Å². The first-order valence-corrected chi connectivity index (χ1v) is 9.44. The van der Waals surface area contributed by atoms with Gasteiger partial charge in [0.1, 0.15) is 11.3 Å². The lowest BCUT2D eigenvalue weighted by molar-refractivity contribution is -0.123. The van der Waals surface area contributed by atoms with Crippen molar-refractivity contribution in [1.82, 2.24) is 15.1 Å². The fourth-order valence-electron chi connectivity index (χ4n) is 3.32. The zero-order valence-corrected chi connectivity index (χ0v) is 15.9. The molecule has 2 N–H and O–H groups in total. The van der Waals surface area contributed by atoms with Gasteiger partial charge in [-0.3, -0.25) is 14.6 Å². The van der Waals surface area contributed by atoms with Crippen molar-refractivity contribution in [1.29, 1.82) is 0 Å². The Bertz CT molecular complexity index is 856. The van der Waals surface area contributed by atoms with Gasteiger partial charge in [-0.25, -0.2) is 4.79 Å². The van der Waals surface area contributed by atoms with Gasteiger partial charge >= 0.3 is 5.63 Å². The molecule has 3 rings (SSSR count). The Hall–Kier alpha value is -2.38. The molecular formula is C20H27N3O4. The smallest absolute Gasteiger partial charge is 0.336 e. The van der Waals surface area contributed by atoms with E-state index in [0.29, 0.717) is 18.7 Å². The van der Waals surface area contributed by atoms with Crippen molar-refractivity contribution in [2.24, 2.45) is 0 Å². The second-order valence-electron chi connectivity index (χ2n) is 7.20. The van der Waals surface area contributed by atoms with Crippen LogP contribution in [-0.4, -0.2) is 59.6 Å². The molecule has 1 fully saturated rings. The van der Waals surface area contributed by atoms with Crippen molar-refractivity contribution in [3.8, 4) is 5.75 Å². The summed E-state index contributed by atoms with van der Waals surface area (Å²) >= 11 is 0. The van der Waals surface area contributed by atoms with Crippen molar-refractivity contribution in [2.75, 3.05) is 32.7 Å². The second-order valence-corrected chi connectivity index (χ2v) is 7.20. The highest BCUT2D eigenvalue weighted by Gasteiger charge is 2.20. The SMILES string of the molecule is CCC(C)NC(=O)CN1CCN(Cc2cc(=O)oc3cc(O)ccc23)CC1. The molecule has 7 heteroatoms. The number of aromatic hydroxyl groups is 1. The number of hydrogen-bond donors (Lipinski definition) is 2. The molecule has 7 nitrogen and oxygen atoms in total. The number of nitrogens with zero attached hydrogens (tertiary/aromatic N) is 2. The molecule has 1 aliphatic rings. The summed E-state index contributed by atoms with van der Waals surface area (Å²) in [6, 6.07) is 6.56. The van der Waals surface area contributed by atoms with Crippen molar-refractivity contribution in [3.63, 3.8) is 0 Å². The molecule has 0 aliphatic carbocycles. The first-order chi connectivity index (χ1) is 12.9. The fraction of sp³-hybridized carbons (Fsp3) is 0.500. The number of carbonyl (C=O) groups is 1. The van der Waals surface area contributed by atoms with Crippen LogP contribution in [0, 0.1) is 0 Å². The molecule has 146 valence electrons. The van der Waals surface area contributed by atoms with E-state index >= 15 is 0 Å². The lowest BCUT2D eigenvalue weighted by atomic mass is 10.1. The molecule has 2 heterocycles. The summed E-state index contributed by atoms with van der Waals surface area (Å²) in [5.74, 6) is 0.149. The maximum atomic E-state index is 12.0. The summed E-state index contributed by atoms with van der Waals surface area (Å²) in [6.07, 6.45) is 0.927. The number of phenolic OH excluding ortho intramolecular Hbond substituents is 1. The standard InChI is InChI=1S/C20H27N3O4/c1-3-14(2)21-19(25)13-23-8-6-22(7-9-23)12-15-10-20(26)27-18-11-16(24)4-5-17(15)18/h4-5,10-11,14,24H,3,6-9,12-13H2,1-2H3,(H,21,25). The highest BCUT2D eigenvalue weighted by atomic mass is 16.4. The number of hydrogen-bond acceptors (Lipinski definition) is 6. The van der Waals surface area contributed by atoms with Gasteiger partial charge in [-0.05, 0) is 31.0 Å². The van der Waals surface area contributed by atoms with Crippen LogP contribution in [0.15, 0.2) is 33.5 Å². The monoisotopic (exact) mass is 373 g/mol. The topological polar surface area (TPSA) is 86.0 Å². The highest BCUT2D eigenvalue weighted by Crippen LogP contribution is 2.23. The molecule has 2 aromatic rings. The summed E-state index contributed by atoms with van der Waals surface area (Å²) in [5.41, 5.74) is 0.880. The molecule has 1 saturated heterocycles. The predicted molar refractivity (Wildman–Crippen MR) is 104 cm³/mol. The van der Waals surface area contributed by atoms with Gasteiger partial charge in [0.2, 0.25) is 5.91 Å². The van der Waals surface area contributed by atoms with Crippen LogP contribution in [-0.2, 0) is 11.3 Å². The molecule has 27 heavy (non-hydrogen) atoms. The quantitative estimate of drug-likeness (QED) is 0.747. The van der Waals surface area contributed by atoms with Gasteiger partial charge in [0.05, 0.1) is 6.54 Å². The number of amides is 1. The average Bonchev–Trinajstić information content (AvgIpc) is 2.62. The molecule has 1 aromatic carbocycles. The summed E-state index contributed by atoms with van der Waals surface area (Å²) in [4.78, 5) is 28.3. The predicted octanol–water partition coefficient (Wildman–Crippen LogP) is 1.53. The first kappa shape index (κ1) is 19.4. The zero-order valence-electron chi connectivity index (χ0n) is 15.9. The van der Waals surface area contributed by atoms with Gasteiger partial charge in [0.25, 0.3) is 0 Å². The van der Waals surface area contributed by atoms with Crippen LogP contribution < -0.4 is 10.9 Å². The van der Waals surface area contributed by atoms with Gasteiger partial charge in [-0.1, -0.05) is 6.92 Å². The Balaban J connectivity index is 1.59. The van der Waals surface area contributed by atoms with Gasteiger partial charge in [-0.2, -0.15) is 0 Å². The molecule has 1 atom stereocenters. The number of benzene rings is 1.